The first-order valence-electron chi connectivity index (χ1n) is 5.18. The summed E-state index contributed by atoms with van der Waals surface area (Å²) in [4.78, 5) is 23.1. The van der Waals surface area contributed by atoms with Crippen molar-refractivity contribution in [2.45, 2.75) is 6.92 Å². The molecular formula is C11H12N4O2S. The van der Waals surface area contributed by atoms with E-state index in [0.717, 1.165) is 5.56 Å². The van der Waals surface area contributed by atoms with Gasteiger partial charge in [0.25, 0.3) is 11.8 Å². The van der Waals surface area contributed by atoms with Crippen molar-refractivity contribution in [3.05, 3.63) is 34.5 Å². The van der Waals surface area contributed by atoms with Gasteiger partial charge in [0.15, 0.2) is 5.69 Å². The van der Waals surface area contributed by atoms with E-state index in [2.05, 4.69) is 10.4 Å². The fourth-order valence-electron chi connectivity index (χ4n) is 1.59. The lowest BCUT2D eigenvalue weighted by Gasteiger charge is -2.02. The quantitative estimate of drug-likeness (QED) is 0.871. The highest BCUT2D eigenvalue weighted by molar-refractivity contribution is 7.14. The minimum absolute atomic E-state index is 0.307. The van der Waals surface area contributed by atoms with Crippen LogP contribution in [-0.2, 0) is 7.05 Å². The molecule has 2 rings (SSSR count). The van der Waals surface area contributed by atoms with E-state index in [1.54, 1.807) is 36.3 Å². The molecule has 2 aromatic heterocycles. The molecule has 0 saturated carbocycles. The summed E-state index contributed by atoms with van der Waals surface area (Å²) in [5.41, 5.74) is 6.62. The van der Waals surface area contributed by atoms with Gasteiger partial charge in [-0.05, 0) is 18.4 Å². The van der Waals surface area contributed by atoms with Gasteiger partial charge in [0, 0.05) is 18.8 Å². The van der Waals surface area contributed by atoms with Gasteiger partial charge in [0.1, 0.15) is 5.00 Å². The molecule has 0 saturated heterocycles. The maximum atomic E-state index is 12.0. The Kier molecular flexibility index (Phi) is 3.15. The number of amides is 2. The third-order valence-corrected chi connectivity index (χ3v) is 3.21. The third kappa shape index (κ3) is 2.25. The van der Waals surface area contributed by atoms with E-state index in [0.29, 0.717) is 16.3 Å². The minimum atomic E-state index is -0.565. The Morgan fingerprint density at radius 2 is 2.22 bits per heavy atom. The summed E-state index contributed by atoms with van der Waals surface area (Å²) in [6, 6.07) is 1.58. The molecule has 2 aromatic rings. The van der Waals surface area contributed by atoms with Crippen LogP contribution in [0.1, 0.15) is 26.4 Å². The topological polar surface area (TPSA) is 90.0 Å². The lowest BCUT2D eigenvalue weighted by atomic mass is 10.2. The Hall–Kier alpha value is -2.15. The summed E-state index contributed by atoms with van der Waals surface area (Å²) in [6.07, 6.45) is 1.75. The number of thiophene rings is 1. The number of nitrogens with one attached hydrogen (secondary N) is 1. The van der Waals surface area contributed by atoms with E-state index in [4.69, 9.17) is 5.73 Å². The highest BCUT2D eigenvalue weighted by Crippen LogP contribution is 2.23. The number of hydrogen-bond acceptors (Lipinski definition) is 4. The van der Waals surface area contributed by atoms with Crippen molar-refractivity contribution in [2.75, 3.05) is 5.32 Å². The molecule has 0 aromatic carbocycles. The second-order valence-electron chi connectivity index (χ2n) is 3.82. The fraction of sp³-hybridized carbons (Fsp3) is 0.182. The molecule has 0 bridgehead atoms. The number of carbonyl (C=O) groups excluding carboxylic acids is 2. The number of aryl methyl sites for hydroxylation is 2. The van der Waals surface area contributed by atoms with Gasteiger partial charge in [-0.1, -0.05) is 0 Å². The maximum absolute atomic E-state index is 12.0. The molecule has 18 heavy (non-hydrogen) atoms. The molecule has 0 aliphatic carbocycles. The maximum Gasteiger partial charge on any atom is 0.277 e. The Morgan fingerprint density at radius 3 is 2.78 bits per heavy atom. The first-order chi connectivity index (χ1) is 8.49. The van der Waals surface area contributed by atoms with E-state index in [1.807, 2.05) is 0 Å². The van der Waals surface area contributed by atoms with Gasteiger partial charge in [0.2, 0.25) is 0 Å². The Bertz CT molecular complexity index is 614. The van der Waals surface area contributed by atoms with Crippen LogP contribution < -0.4 is 11.1 Å². The highest BCUT2D eigenvalue weighted by Gasteiger charge is 2.17. The molecule has 3 N–H and O–H groups in total. The van der Waals surface area contributed by atoms with E-state index in [-0.39, 0.29) is 5.91 Å². The molecule has 0 aliphatic heterocycles. The predicted octanol–water partition coefficient (Wildman–Crippen LogP) is 1.14. The zero-order valence-electron chi connectivity index (χ0n) is 9.93. The Morgan fingerprint density at radius 1 is 1.50 bits per heavy atom. The summed E-state index contributed by atoms with van der Waals surface area (Å²) in [6.45, 7) is 1.80. The number of anilines is 1. The van der Waals surface area contributed by atoms with Crippen molar-refractivity contribution in [2.24, 2.45) is 12.8 Å². The van der Waals surface area contributed by atoms with Crippen LogP contribution in [0.15, 0.2) is 17.6 Å². The van der Waals surface area contributed by atoms with Gasteiger partial charge in [-0.2, -0.15) is 5.10 Å². The van der Waals surface area contributed by atoms with E-state index < -0.39 is 5.91 Å². The van der Waals surface area contributed by atoms with Crippen LogP contribution in [0.3, 0.4) is 0 Å². The van der Waals surface area contributed by atoms with Gasteiger partial charge < -0.3 is 11.1 Å². The van der Waals surface area contributed by atoms with Crippen LogP contribution in [-0.4, -0.2) is 21.6 Å². The second-order valence-corrected chi connectivity index (χ2v) is 4.73. The number of hydrogen-bond donors (Lipinski definition) is 2. The molecular weight excluding hydrogens is 252 g/mol. The second kappa shape index (κ2) is 4.61. The van der Waals surface area contributed by atoms with Crippen LogP contribution in [0.2, 0.25) is 0 Å². The Balaban J connectivity index is 2.24. The molecule has 0 unspecified atom stereocenters. The summed E-state index contributed by atoms with van der Waals surface area (Å²) in [5, 5.41) is 8.84. The number of carbonyl (C=O) groups is 2. The van der Waals surface area contributed by atoms with Crippen LogP contribution in [0, 0.1) is 6.92 Å². The highest BCUT2D eigenvalue weighted by atomic mass is 32.1. The molecule has 2 heterocycles. The first kappa shape index (κ1) is 12.3. The van der Waals surface area contributed by atoms with Crippen molar-refractivity contribution in [1.82, 2.24) is 9.78 Å². The molecule has 7 heteroatoms. The number of rotatable bonds is 3. The van der Waals surface area contributed by atoms with E-state index >= 15 is 0 Å². The van der Waals surface area contributed by atoms with Crippen molar-refractivity contribution >= 4 is 28.2 Å². The average molecular weight is 264 g/mol. The molecule has 0 aliphatic rings. The minimum Gasteiger partial charge on any atom is -0.366 e. The lowest BCUT2D eigenvalue weighted by Crippen LogP contribution is -2.17. The Labute approximate surface area is 107 Å². The van der Waals surface area contributed by atoms with Crippen molar-refractivity contribution in [3.8, 4) is 0 Å². The number of aromatic nitrogens is 2. The summed E-state index contributed by atoms with van der Waals surface area (Å²) >= 11 is 1.25. The molecule has 94 valence electrons. The zero-order valence-corrected chi connectivity index (χ0v) is 10.7. The molecule has 0 fully saturated rings. The van der Waals surface area contributed by atoms with Crippen molar-refractivity contribution in [1.29, 1.82) is 0 Å². The molecule has 0 radical (unpaired) electrons. The summed E-state index contributed by atoms with van der Waals surface area (Å²) in [5.74, 6) is -0.914. The smallest absolute Gasteiger partial charge is 0.277 e. The van der Waals surface area contributed by atoms with Crippen molar-refractivity contribution < 1.29 is 9.59 Å². The first-order valence-corrected chi connectivity index (χ1v) is 6.06. The standard InChI is InChI=1S/C11H12N4O2S/c1-6-5-15(2)14-8(6)10(17)13-11-7(9(12)16)3-4-18-11/h3-5H,1-2H3,(H2,12,16)(H,13,17). The van der Waals surface area contributed by atoms with Crippen LogP contribution in [0.4, 0.5) is 5.00 Å². The third-order valence-electron chi connectivity index (χ3n) is 2.38. The number of nitrogens with two attached hydrogens (primary N) is 1. The average Bonchev–Trinajstić information content (AvgIpc) is 2.85. The monoisotopic (exact) mass is 264 g/mol. The van der Waals surface area contributed by atoms with Crippen LogP contribution >= 0.6 is 11.3 Å². The molecule has 0 spiro atoms. The van der Waals surface area contributed by atoms with Gasteiger partial charge in [-0.25, -0.2) is 0 Å². The molecule has 6 nitrogen and oxygen atoms in total. The molecule has 2 amide bonds. The normalized spacial score (nSPS) is 10.3. The van der Waals surface area contributed by atoms with Crippen LogP contribution in [0.25, 0.3) is 0 Å². The predicted molar refractivity (Wildman–Crippen MR) is 68.7 cm³/mol. The van der Waals surface area contributed by atoms with Gasteiger partial charge in [-0.15, -0.1) is 11.3 Å². The van der Waals surface area contributed by atoms with Crippen molar-refractivity contribution in [3.63, 3.8) is 0 Å². The zero-order chi connectivity index (χ0) is 13.3. The fourth-order valence-corrected chi connectivity index (χ4v) is 2.38. The summed E-state index contributed by atoms with van der Waals surface area (Å²) in [7, 11) is 1.74. The summed E-state index contributed by atoms with van der Waals surface area (Å²) < 4.78 is 1.56. The van der Waals surface area contributed by atoms with E-state index in [1.165, 1.54) is 11.3 Å². The number of nitrogens with zero attached hydrogens (tertiary/aromatic N) is 2. The van der Waals surface area contributed by atoms with Crippen LogP contribution in [0.5, 0.6) is 0 Å². The lowest BCUT2D eigenvalue weighted by molar-refractivity contribution is 0.100. The van der Waals surface area contributed by atoms with E-state index in [9.17, 15) is 9.59 Å². The van der Waals surface area contributed by atoms with Gasteiger partial charge in [-0.3, -0.25) is 14.3 Å². The SMILES string of the molecule is Cc1cn(C)nc1C(=O)Nc1sccc1C(N)=O. The molecule has 0 atom stereocenters. The van der Waals surface area contributed by atoms with Gasteiger partial charge in [0.05, 0.1) is 5.56 Å². The largest absolute Gasteiger partial charge is 0.366 e. The number of primary amides is 1. The van der Waals surface area contributed by atoms with Gasteiger partial charge >= 0.3 is 0 Å².